The molecule has 4 rings (SSSR count). The third-order valence-corrected chi connectivity index (χ3v) is 5.51. The summed E-state index contributed by atoms with van der Waals surface area (Å²) >= 11 is 5.78. The van der Waals surface area contributed by atoms with Gasteiger partial charge in [0.05, 0.1) is 22.8 Å². The number of rotatable bonds is 7. The highest BCUT2D eigenvalue weighted by Crippen LogP contribution is 2.27. The minimum Gasteiger partial charge on any atom is -0.350 e. The van der Waals surface area contributed by atoms with E-state index < -0.39 is 5.82 Å². The van der Waals surface area contributed by atoms with Crippen molar-refractivity contribution in [3.8, 4) is 0 Å². The molecule has 1 saturated carbocycles. The molecule has 156 valence electrons. The molecule has 0 radical (unpaired) electrons. The van der Waals surface area contributed by atoms with E-state index in [4.69, 9.17) is 11.6 Å². The second kappa shape index (κ2) is 8.44. The van der Waals surface area contributed by atoms with E-state index >= 15 is 0 Å². The van der Waals surface area contributed by atoms with Gasteiger partial charge in [0, 0.05) is 18.0 Å². The maximum atomic E-state index is 13.3. The van der Waals surface area contributed by atoms with Gasteiger partial charge in [0.2, 0.25) is 11.8 Å². The van der Waals surface area contributed by atoms with Crippen molar-refractivity contribution in [2.45, 2.75) is 38.9 Å². The van der Waals surface area contributed by atoms with E-state index in [9.17, 15) is 14.0 Å². The van der Waals surface area contributed by atoms with E-state index in [1.165, 1.54) is 12.1 Å². The number of nitrogens with one attached hydrogen (secondary N) is 1. The van der Waals surface area contributed by atoms with Gasteiger partial charge in [-0.05, 0) is 43.5 Å². The van der Waals surface area contributed by atoms with Crippen molar-refractivity contribution in [1.29, 1.82) is 0 Å². The van der Waals surface area contributed by atoms with E-state index in [1.807, 2.05) is 31.2 Å². The van der Waals surface area contributed by atoms with Gasteiger partial charge in [-0.2, -0.15) is 5.10 Å². The zero-order valence-corrected chi connectivity index (χ0v) is 17.3. The molecule has 0 bridgehead atoms. The van der Waals surface area contributed by atoms with Gasteiger partial charge in [0.25, 0.3) is 0 Å². The molecule has 30 heavy (non-hydrogen) atoms. The Labute approximate surface area is 178 Å². The summed E-state index contributed by atoms with van der Waals surface area (Å²) in [5.74, 6) is -0.901. The molecule has 0 unspecified atom stereocenters. The largest absolute Gasteiger partial charge is 0.350 e. The van der Waals surface area contributed by atoms with Crippen LogP contribution in [0.4, 0.5) is 4.39 Å². The lowest BCUT2D eigenvalue weighted by Crippen LogP contribution is -2.43. The molecule has 0 aliphatic heterocycles. The summed E-state index contributed by atoms with van der Waals surface area (Å²) < 4.78 is 15.0. The Bertz CT molecular complexity index is 1110. The van der Waals surface area contributed by atoms with E-state index in [1.54, 1.807) is 15.6 Å². The van der Waals surface area contributed by atoms with Gasteiger partial charge in [-0.15, -0.1) is 0 Å². The van der Waals surface area contributed by atoms with E-state index in [-0.39, 0.29) is 42.5 Å². The molecule has 1 N–H and O–H groups in total. The molecule has 1 aromatic heterocycles. The first kappa shape index (κ1) is 20.3. The van der Waals surface area contributed by atoms with Crippen LogP contribution in [0.3, 0.4) is 0 Å². The zero-order chi connectivity index (χ0) is 21.3. The van der Waals surface area contributed by atoms with Crippen molar-refractivity contribution < 1.29 is 14.0 Å². The molecule has 6 nitrogen and oxygen atoms in total. The smallest absolute Gasteiger partial charge is 0.245 e. The molecule has 8 heteroatoms. The zero-order valence-electron chi connectivity index (χ0n) is 16.6. The summed E-state index contributed by atoms with van der Waals surface area (Å²) in [4.78, 5) is 27.0. The standard InChI is InChI=1S/C22H22ClFN4O2/c1-14-17-4-2-3-5-20(17)28(26-14)13-22(30)27(16-7-8-16)12-21(29)25-11-15-6-9-19(24)18(23)10-15/h2-6,9-10,16H,7-8,11-13H2,1H3,(H,25,29). The Morgan fingerprint density at radius 2 is 2.03 bits per heavy atom. The number of benzene rings is 2. The summed E-state index contributed by atoms with van der Waals surface area (Å²) in [5.41, 5.74) is 2.46. The summed E-state index contributed by atoms with van der Waals surface area (Å²) in [6, 6.07) is 12.2. The topological polar surface area (TPSA) is 67.2 Å². The number of hydrogen-bond acceptors (Lipinski definition) is 3. The number of aryl methyl sites for hydroxylation is 1. The molecule has 2 amide bonds. The Morgan fingerprint density at radius 3 is 2.77 bits per heavy atom. The normalized spacial score (nSPS) is 13.4. The quantitative estimate of drug-likeness (QED) is 0.626. The van der Waals surface area contributed by atoms with Gasteiger partial charge in [0.1, 0.15) is 12.4 Å². The third-order valence-electron chi connectivity index (χ3n) is 5.22. The molecule has 0 atom stereocenters. The Morgan fingerprint density at radius 1 is 1.27 bits per heavy atom. The van der Waals surface area contributed by atoms with Crippen LogP contribution in [0.25, 0.3) is 10.9 Å². The first-order valence-corrected chi connectivity index (χ1v) is 10.2. The summed E-state index contributed by atoms with van der Waals surface area (Å²) in [5, 5.41) is 8.29. The number of hydrogen-bond donors (Lipinski definition) is 1. The van der Waals surface area contributed by atoms with Crippen molar-refractivity contribution in [2.75, 3.05) is 6.54 Å². The van der Waals surface area contributed by atoms with Crippen LogP contribution in [-0.2, 0) is 22.7 Å². The van der Waals surface area contributed by atoms with E-state index in [2.05, 4.69) is 10.4 Å². The summed E-state index contributed by atoms with van der Waals surface area (Å²) in [7, 11) is 0. The fourth-order valence-electron chi connectivity index (χ4n) is 3.50. The fourth-order valence-corrected chi connectivity index (χ4v) is 3.70. The fraction of sp³-hybridized carbons (Fsp3) is 0.318. The predicted octanol–water partition coefficient (Wildman–Crippen LogP) is 3.44. The molecule has 2 aromatic carbocycles. The molecule has 1 fully saturated rings. The number of carbonyl (C=O) groups is 2. The van der Waals surface area contributed by atoms with Crippen molar-refractivity contribution in [3.63, 3.8) is 0 Å². The van der Waals surface area contributed by atoms with Crippen LogP contribution in [0.15, 0.2) is 42.5 Å². The highest BCUT2D eigenvalue weighted by atomic mass is 35.5. The van der Waals surface area contributed by atoms with Crippen molar-refractivity contribution in [1.82, 2.24) is 20.0 Å². The lowest BCUT2D eigenvalue weighted by atomic mass is 10.2. The second-order valence-electron chi connectivity index (χ2n) is 7.54. The van der Waals surface area contributed by atoms with Crippen molar-refractivity contribution >= 4 is 34.3 Å². The SMILES string of the molecule is Cc1nn(CC(=O)N(CC(=O)NCc2ccc(F)c(Cl)c2)C2CC2)c2ccccc12. The predicted molar refractivity (Wildman–Crippen MR) is 112 cm³/mol. The van der Waals surface area contributed by atoms with Crippen LogP contribution in [-0.4, -0.2) is 39.1 Å². The number of para-hydroxylation sites is 1. The highest BCUT2D eigenvalue weighted by Gasteiger charge is 2.34. The second-order valence-corrected chi connectivity index (χ2v) is 7.95. The van der Waals surface area contributed by atoms with Crippen molar-refractivity contribution in [3.05, 3.63) is 64.6 Å². The molecule has 3 aromatic rings. The van der Waals surface area contributed by atoms with E-state index in [0.29, 0.717) is 5.56 Å². The maximum Gasteiger partial charge on any atom is 0.245 e. The minimum atomic E-state index is -0.501. The minimum absolute atomic E-state index is 0.0123. The van der Waals surface area contributed by atoms with Crippen LogP contribution in [0.1, 0.15) is 24.1 Å². The number of fused-ring (bicyclic) bond motifs is 1. The molecule has 1 aliphatic carbocycles. The molecule has 0 spiro atoms. The van der Waals surface area contributed by atoms with Crippen LogP contribution >= 0.6 is 11.6 Å². The molecule has 1 heterocycles. The van der Waals surface area contributed by atoms with Gasteiger partial charge in [-0.3, -0.25) is 14.3 Å². The average molecular weight is 429 g/mol. The summed E-state index contributed by atoms with van der Waals surface area (Å²) in [6.45, 7) is 2.20. The Kier molecular flexibility index (Phi) is 5.72. The molecule has 1 aliphatic rings. The molecular weight excluding hydrogens is 407 g/mol. The van der Waals surface area contributed by atoms with Crippen LogP contribution in [0, 0.1) is 12.7 Å². The average Bonchev–Trinajstić information content (AvgIpc) is 3.52. The van der Waals surface area contributed by atoms with Crippen LogP contribution in [0.5, 0.6) is 0 Å². The van der Waals surface area contributed by atoms with Gasteiger partial charge in [-0.25, -0.2) is 4.39 Å². The van der Waals surface area contributed by atoms with Gasteiger partial charge in [0.15, 0.2) is 0 Å². The first-order chi connectivity index (χ1) is 14.4. The van der Waals surface area contributed by atoms with Gasteiger partial charge in [-0.1, -0.05) is 35.9 Å². The lowest BCUT2D eigenvalue weighted by molar-refractivity contribution is -0.137. The molecule has 0 saturated heterocycles. The van der Waals surface area contributed by atoms with E-state index in [0.717, 1.165) is 29.4 Å². The summed E-state index contributed by atoms with van der Waals surface area (Å²) in [6.07, 6.45) is 1.79. The first-order valence-electron chi connectivity index (χ1n) is 9.84. The van der Waals surface area contributed by atoms with Gasteiger partial charge >= 0.3 is 0 Å². The Hall–Kier alpha value is -2.93. The lowest BCUT2D eigenvalue weighted by Gasteiger charge is -2.22. The maximum absolute atomic E-state index is 13.3. The number of nitrogens with zero attached hydrogens (tertiary/aromatic N) is 3. The Balaban J connectivity index is 1.40. The monoisotopic (exact) mass is 428 g/mol. The number of amides is 2. The number of aromatic nitrogens is 2. The highest BCUT2D eigenvalue weighted by molar-refractivity contribution is 6.30. The molecular formula is C22H22ClFN4O2. The number of halogens is 2. The van der Waals surface area contributed by atoms with Crippen LogP contribution < -0.4 is 5.32 Å². The van der Waals surface area contributed by atoms with Crippen LogP contribution in [0.2, 0.25) is 5.02 Å². The number of carbonyl (C=O) groups excluding carboxylic acids is 2. The van der Waals surface area contributed by atoms with Gasteiger partial charge < -0.3 is 10.2 Å². The third kappa shape index (κ3) is 4.46. The van der Waals surface area contributed by atoms with Crippen molar-refractivity contribution in [2.24, 2.45) is 0 Å².